The van der Waals surface area contributed by atoms with Gasteiger partial charge in [0.05, 0.1) is 17.3 Å². The van der Waals surface area contributed by atoms with E-state index in [9.17, 15) is 13.2 Å². The van der Waals surface area contributed by atoms with E-state index < -0.39 is 10.0 Å². The van der Waals surface area contributed by atoms with Gasteiger partial charge in [-0.05, 0) is 63.1 Å². The van der Waals surface area contributed by atoms with Crippen LogP contribution in [-0.4, -0.2) is 51.4 Å². The number of halogens is 1. The SMILES string of the molecule is C=CCN(c1ccccc1)S(=O)(=O)c1cc(C(=O)NCC2CCN(C(C)C)C2)ccc1Cl. The van der Waals surface area contributed by atoms with Crippen LogP contribution in [-0.2, 0) is 10.0 Å². The molecule has 0 radical (unpaired) electrons. The lowest BCUT2D eigenvalue weighted by atomic mass is 10.1. The Labute approximate surface area is 195 Å². The van der Waals surface area contributed by atoms with Gasteiger partial charge in [-0.25, -0.2) is 8.42 Å². The van der Waals surface area contributed by atoms with Crippen LogP contribution in [0.5, 0.6) is 0 Å². The highest BCUT2D eigenvalue weighted by atomic mass is 35.5. The first kappa shape index (κ1) is 24.3. The van der Waals surface area contributed by atoms with Gasteiger partial charge in [-0.3, -0.25) is 9.10 Å². The van der Waals surface area contributed by atoms with E-state index in [1.807, 2.05) is 6.07 Å². The van der Waals surface area contributed by atoms with E-state index in [4.69, 9.17) is 11.6 Å². The molecule has 0 aliphatic carbocycles. The molecule has 2 aromatic rings. The molecule has 1 N–H and O–H groups in total. The summed E-state index contributed by atoms with van der Waals surface area (Å²) in [5, 5.41) is 3.02. The number of rotatable bonds is 9. The summed E-state index contributed by atoms with van der Waals surface area (Å²) in [4.78, 5) is 15.1. The first-order valence-electron chi connectivity index (χ1n) is 10.7. The van der Waals surface area contributed by atoms with Crippen LogP contribution in [0, 0.1) is 5.92 Å². The summed E-state index contributed by atoms with van der Waals surface area (Å²) in [6.45, 7) is 10.6. The second-order valence-corrected chi connectivity index (χ2v) is 10.5. The van der Waals surface area contributed by atoms with Crippen LogP contribution in [0.4, 0.5) is 5.69 Å². The standard InChI is InChI=1S/C24H30ClN3O3S/c1-4-13-28(21-8-6-5-7-9-21)32(30,31)23-15-20(10-11-22(23)25)24(29)26-16-19-12-14-27(17-19)18(2)3/h4-11,15,18-19H,1,12-14,16-17H2,2-3H3,(H,26,29). The molecule has 0 saturated carbocycles. The van der Waals surface area contributed by atoms with Crippen molar-refractivity contribution in [2.75, 3.05) is 30.5 Å². The maximum absolute atomic E-state index is 13.4. The molecule has 1 aliphatic rings. The molecule has 1 atom stereocenters. The summed E-state index contributed by atoms with van der Waals surface area (Å²) >= 11 is 6.27. The van der Waals surface area contributed by atoms with Crippen LogP contribution < -0.4 is 9.62 Å². The molecular formula is C24H30ClN3O3S. The normalized spacial score (nSPS) is 16.8. The molecule has 0 aromatic heterocycles. The molecule has 172 valence electrons. The molecule has 2 aromatic carbocycles. The highest BCUT2D eigenvalue weighted by molar-refractivity contribution is 7.93. The summed E-state index contributed by atoms with van der Waals surface area (Å²) < 4.78 is 28.1. The Morgan fingerprint density at radius 1 is 1.28 bits per heavy atom. The fourth-order valence-electron chi connectivity index (χ4n) is 3.85. The average Bonchev–Trinajstić information content (AvgIpc) is 3.26. The predicted molar refractivity (Wildman–Crippen MR) is 130 cm³/mol. The van der Waals surface area contributed by atoms with Gasteiger partial charge in [-0.2, -0.15) is 0 Å². The van der Waals surface area contributed by atoms with Crippen LogP contribution in [0.15, 0.2) is 66.1 Å². The smallest absolute Gasteiger partial charge is 0.266 e. The van der Waals surface area contributed by atoms with Gasteiger partial charge in [0.15, 0.2) is 0 Å². The summed E-state index contributed by atoms with van der Waals surface area (Å²) in [5.41, 5.74) is 0.757. The zero-order chi connectivity index (χ0) is 23.3. The van der Waals surface area contributed by atoms with Crippen molar-refractivity contribution < 1.29 is 13.2 Å². The summed E-state index contributed by atoms with van der Waals surface area (Å²) in [6, 6.07) is 13.6. The minimum atomic E-state index is -4.01. The molecule has 8 heteroatoms. The van der Waals surface area contributed by atoms with Crippen molar-refractivity contribution in [1.29, 1.82) is 0 Å². The predicted octanol–water partition coefficient (Wildman–Crippen LogP) is 4.18. The molecular weight excluding hydrogens is 446 g/mol. The van der Waals surface area contributed by atoms with Crippen molar-refractivity contribution >= 4 is 33.2 Å². The van der Waals surface area contributed by atoms with Crippen LogP contribution in [0.25, 0.3) is 0 Å². The lowest BCUT2D eigenvalue weighted by Gasteiger charge is -2.24. The maximum atomic E-state index is 13.4. The quantitative estimate of drug-likeness (QED) is 0.552. The number of sulfonamides is 1. The van der Waals surface area contributed by atoms with Gasteiger partial charge in [0, 0.05) is 24.7 Å². The third-order valence-electron chi connectivity index (χ3n) is 5.70. The van der Waals surface area contributed by atoms with Gasteiger partial charge in [-0.1, -0.05) is 35.9 Å². The Bertz CT molecular complexity index is 1060. The lowest BCUT2D eigenvalue weighted by Crippen LogP contribution is -2.33. The van der Waals surface area contributed by atoms with Crippen molar-refractivity contribution in [2.24, 2.45) is 5.92 Å². The van der Waals surface area contributed by atoms with Crippen molar-refractivity contribution in [3.8, 4) is 0 Å². The Morgan fingerprint density at radius 2 is 2.00 bits per heavy atom. The largest absolute Gasteiger partial charge is 0.352 e. The van der Waals surface area contributed by atoms with E-state index >= 15 is 0 Å². The molecule has 32 heavy (non-hydrogen) atoms. The van der Waals surface area contributed by atoms with E-state index in [-0.39, 0.29) is 27.9 Å². The van der Waals surface area contributed by atoms with Crippen molar-refractivity contribution in [3.05, 3.63) is 71.8 Å². The average molecular weight is 476 g/mol. The van der Waals surface area contributed by atoms with E-state index in [2.05, 4.69) is 30.6 Å². The first-order chi connectivity index (χ1) is 15.2. The van der Waals surface area contributed by atoms with Gasteiger partial charge in [-0.15, -0.1) is 6.58 Å². The Kier molecular flexibility index (Phi) is 7.98. The lowest BCUT2D eigenvalue weighted by molar-refractivity contribution is 0.0947. The van der Waals surface area contributed by atoms with Crippen LogP contribution in [0.1, 0.15) is 30.6 Å². The molecule has 1 saturated heterocycles. The highest BCUT2D eigenvalue weighted by Crippen LogP contribution is 2.29. The van der Waals surface area contributed by atoms with Crippen molar-refractivity contribution in [2.45, 2.75) is 31.2 Å². The number of nitrogens with zero attached hydrogens (tertiary/aromatic N) is 2. The van der Waals surface area contributed by atoms with Gasteiger partial charge in [0.2, 0.25) is 0 Å². The first-order valence-corrected chi connectivity index (χ1v) is 12.6. The van der Waals surface area contributed by atoms with Crippen LogP contribution >= 0.6 is 11.6 Å². The Hall–Kier alpha value is -2.35. The molecule has 1 unspecified atom stereocenters. The molecule has 6 nitrogen and oxygen atoms in total. The number of hydrogen-bond acceptors (Lipinski definition) is 4. The van der Waals surface area contributed by atoms with Gasteiger partial charge >= 0.3 is 0 Å². The molecule has 0 bridgehead atoms. The zero-order valence-electron chi connectivity index (χ0n) is 18.5. The maximum Gasteiger partial charge on any atom is 0.266 e. The van der Waals surface area contributed by atoms with Crippen LogP contribution in [0.3, 0.4) is 0 Å². The topological polar surface area (TPSA) is 69.7 Å². The van der Waals surface area contributed by atoms with Crippen molar-refractivity contribution in [1.82, 2.24) is 10.2 Å². The minimum Gasteiger partial charge on any atom is -0.352 e. The fraction of sp³-hybridized carbons (Fsp3) is 0.375. The number of anilines is 1. The second kappa shape index (κ2) is 10.5. The molecule has 1 aliphatic heterocycles. The number of nitrogens with one attached hydrogen (secondary N) is 1. The fourth-order valence-corrected chi connectivity index (χ4v) is 5.79. The second-order valence-electron chi connectivity index (χ2n) is 8.26. The molecule has 0 spiro atoms. The number of carbonyl (C=O) groups excluding carboxylic acids is 1. The summed E-state index contributed by atoms with van der Waals surface area (Å²) in [6.07, 6.45) is 2.54. The third-order valence-corrected chi connectivity index (χ3v) is 7.97. The number of likely N-dealkylation sites (tertiary alicyclic amines) is 1. The van der Waals surface area contributed by atoms with Crippen LogP contribution in [0.2, 0.25) is 5.02 Å². The summed E-state index contributed by atoms with van der Waals surface area (Å²) in [5.74, 6) is 0.0779. The molecule has 1 heterocycles. The van der Waals surface area contributed by atoms with Gasteiger partial charge in [0.1, 0.15) is 4.90 Å². The number of para-hydroxylation sites is 1. The Morgan fingerprint density at radius 3 is 2.62 bits per heavy atom. The zero-order valence-corrected chi connectivity index (χ0v) is 20.1. The number of amides is 1. The minimum absolute atomic E-state index is 0.0647. The van der Waals surface area contributed by atoms with E-state index in [0.717, 1.165) is 19.5 Å². The van der Waals surface area contributed by atoms with Crippen molar-refractivity contribution in [3.63, 3.8) is 0 Å². The van der Waals surface area contributed by atoms with E-state index in [0.29, 0.717) is 24.2 Å². The van der Waals surface area contributed by atoms with E-state index in [1.165, 1.54) is 22.5 Å². The molecule has 1 fully saturated rings. The molecule has 3 rings (SSSR count). The Balaban J connectivity index is 1.80. The summed E-state index contributed by atoms with van der Waals surface area (Å²) in [7, 11) is -4.01. The monoisotopic (exact) mass is 475 g/mol. The van der Waals surface area contributed by atoms with E-state index in [1.54, 1.807) is 30.3 Å². The third kappa shape index (κ3) is 5.52. The molecule has 1 amide bonds. The van der Waals surface area contributed by atoms with Gasteiger partial charge in [0.25, 0.3) is 15.9 Å². The number of hydrogen-bond donors (Lipinski definition) is 1. The van der Waals surface area contributed by atoms with Gasteiger partial charge < -0.3 is 10.2 Å². The number of benzene rings is 2. The number of carbonyl (C=O) groups is 1. The highest BCUT2D eigenvalue weighted by Gasteiger charge is 2.28.